The molecular formula is C13H10N4O2. The molecular weight excluding hydrogens is 244 g/mol. The molecule has 2 aromatic heterocycles. The van der Waals surface area contributed by atoms with Crippen LogP contribution >= 0.6 is 0 Å². The highest BCUT2D eigenvalue weighted by atomic mass is 16.4. The van der Waals surface area contributed by atoms with Gasteiger partial charge in [0.25, 0.3) is 0 Å². The summed E-state index contributed by atoms with van der Waals surface area (Å²) in [6.45, 7) is 0. The Kier molecular flexibility index (Phi) is 2.42. The van der Waals surface area contributed by atoms with Gasteiger partial charge in [0.05, 0.1) is 17.4 Å². The van der Waals surface area contributed by atoms with E-state index in [-0.39, 0.29) is 5.56 Å². The maximum atomic E-state index is 10.8. The molecule has 94 valence electrons. The van der Waals surface area contributed by atoms with E-state index in [2.05, 4.69) is 10.1 Å². The number of fused-ring (bicyclic) bond motifs is 1. The molecule has 3 rings (SSSR count). The third kappa shape index (κ3) is 1.99. The topological polar surface area (TPSA) is 93.5 Å². The van der Waals surface area contributed by atoms with Gasteiger partial charge in [-0.1, -0.05) is 12.1 Å². The molecule has 19 heavy (non-hydrogen) atoms. The zero-order valence-electron chi connectivity index (χ0n) is 9.82. The maximum Gasteiger partial charge on any atom is 0.335 e. The number of hydrogen-bond acceptors (Lipinski definition) is 4. The zero-order valence-corrected chi connectivity index (χ0v) is 9.82. The number of anilines is 1. The quantitative estimate of drug-likeness (QED) is 0.725. The van der Waals surface area contributed by atoms with Gasteiger partial charge in [0.1, 0.15) is 0 Å². The molecule has 0 aliphatic carbocycles. The predicted molar refractivity (Wildman–Crippen MR) is 69.8 cm³/mol. The van der Waals surface area contributed by atoms with Gasteiger partial charge in [-0.2, -0.15) is 0 Å². The SMILES string of the molecule is Nc1ccc2nc(-c3ccc(C(=O)O)cc3)nn2c1. The fraction of sp³-hybridized carbons (Fsp3) is 0. The number of nitrogen functional groups attached to an aromatic ring is 1. The number of rotatable bonds is 2. The van der Waals surface area contributed by atoms with Gasteiger partial charge in [-0.05, 0) is 24.3 Å². The van der Waals surface area contributed by atoms with E-state index in [4.69, 9.17) is 10.8 Å². The van der Waals surface area contributed by atoms with Gasteiger partial charge in [-0.15, -0.1) is 5.10 Å². The Labute approximate surface area is 108 Å². The van der Waals surface area contributed by atoms with Crippen molar-refractivity contribution in [3.8, 4) is 11.4 Å². The molecule has 1 aromatic carbocycles. The smallest absolute Gasteiger partial charge is 0.335 e. The number of pyridine rings is 1. The Morgan fingerprint density at radius 3 is 2.58 bits per heavy atom. The summed E-state index contributed by atoms with van der Waals surface area (Å²) in [6.07, 6.45) is 1.68. The fourth-order valence-electron chi connectivity index (χ4n) is 1.78. The summed E-state index contributed by atoms with van der Waals surface area (Å²) in [5, 5.41) is 13.1. The summed E-state index contributed by atoms with van der Waals surface area (Å²) < 4.78 is 1.59. The van der Waals surface area contributed by atoms with E-state index in [9.17, 15) is 4.79 Å². The van der Waals surface area contributed by atoms with Gasteiger partial charge in [0.2, 0.25) is 0 Å². The van der Waals surface area contributed by atoms with Crippen molar-refractivity contribution in [3.05, 3.63) is 48.2 Å². The molecule has 2 heterocycles. The number of carboxylic acids is 1. The lowest BCUT2D eigenvalue weighted by Crippen LogP contribution is -1.95. The molecule has 3 aromatic rings. The second kappa shape index (κ2) is 4.09. The number of carboxylic acid groups (broad SMARTS) is 1. The number of nitrogens with zero attached hydrogens (tertiary/aromatic N) is 3. The Hall–Kier alpha value is -2.89. The second-order valence-corrected chi connectivity index (χ2v) is 4.08. The molecule has 0 radical (unpaired) electrons. The van der Waals surface area contributed by atoms with Crippen LogP contribution in [0.15, 0.2) is 42.6 Å². The van der Waals surface area contributed by atoms with E-state index in [0.717, 1.165) is 5.56 Å². The van der Waals surface area contributed by atoms with Gasteiger partial charge >= 0.3 is 5.97 Å². The summed E-state index contributed by atoms with van der Waals surface area (Å²) in [6, 6.07) is 9.94. The fourth-order valence-corrected chi connectivity index (χ4v) is 1.78. The first kappa shape index (κ1) is 11.2. The van der Waals surface area contributed by atoms with Gasteiger partial charge in [-0.25, -0.2) is 14.3 Å². The molecule has 0 unspecified atom stereocenters. The van der Waals surface area contributed by atoms with Crippen LogP contribution in [-0.4, -0.2) is 25.7 Å². The molecule has 0 aliphatic rings. The van der Waals surface area contributed by atoms with E-state index >= 15 is 0 Å². The number of aromatic nitrogens is 3. The Balaban J connectivity index is 2.06. The molecule has 6 heteroatoms. The van der Waals surface area contributed by atoms with Crippen molar-refractivity contribution in [2.24, 2.45) is 0 Å². The number of carbonyl (C=O) groups is 1. The Bertz CT molecular complexity index is 762. The third-order valence-corrected chi connectivity index (χ3v) is 2.74. The van der Waals surface area contributed by atoms with Crippen molar-refractivity contribution in [3.63, 3.8) is 0 Å². The molecule has 0 saturated heterocycles. The van der Waals surface area contributed by atoms with Crippen molar-refractivity contribution in [2.75, 3.05) is 5.73 Å². The average Bonchev–Trinajstić information content (AvgIpc) is 2.81. The summed E-state index contributed by atoms with van der Waals surface area (Å²) in [5.74, 6) is -0.426. The third-order valence-electron chi connectivity index (χ3n) is 2.74. The lowest BCUT2D eigenvalue weighted by molar-refractivity contribution is 0.0697. The van der Waals surface area contributed by atoms with E-state index in [1.165, 1.54) is 12.1 Å². The van der Waals surface area contributed by atoms with Crippen molar-refractivity contribution in [1.82, 2.24) is 14.6 Å². The first-order valence-electron chi connectivity index (χ1n) is 5.59. The molecule has 0 bridgehead atoms. The molecule has 0 fully saturated rings. The van der Waals surface area contributed by atoms with Crippen molar-refractivity contribution in [1.29, 1.82) is 0 Å². The van der Waals surface area contributed by atoms with Crippen molar-refractivity contribution >= 4 is 17.3 Å². The largest absolute Gasteiger partial charge is 0.478 e. The van der Waals surface area contributed by atoms with Crippen LogP contribution in [-0.2, 0) is 0 Å². The normalized spacial score (nSPS) is 10.7. The lowest BCUT2D eigenvalue weighted by Gasteiger charge is -1.96. The highest BCUT2D eigenvalue weighted by molar-refractivity contribution is 5.88. The average molecular weight is 254 g/mol. The first-order valence-corrected chi connectivity index (χ1v) is 5.59. The molecule has 0 spiro atoms. The Morgan fingerprint density at radius 2 is 1.89 bits per heavy atom. The number of hydrogen-bond donors (Lipinski definition) is 2. The van der Waals surface area contributed by atoms with Crippen LogP contribution in [0.25, 0.3) is 17.0 Å². The van der Waals surface area contributed by atoms with Crippen LogP contribution in [0.1, 0.15) is 10.4 Å². The molecule has 0 aliphatic heterocycles. The van der Waals surface area contributed by atoms with Crippen LogP contribution in [0.2, 0.25) is 0 Å². The second-order valence-electron chi connectivity index (χ2n) is 4.08. The first-order chi connectivity index (χ1) is 9.13. The van der Waals surface area contributed by atoms with Crippen LogP contribution < -0.4 is 5.73 Å². The van der Waals surface area contributed by atoms with E-state index in [1.54, 1.807) is 35.0 Å². The van der Waals surface area contributed by atoms with Crippen molar-refractivity contribution in [2.45, 2.75) is 0 Å². The standard InChI is InChI=1S/C13H10N4O2/c14-10-5-6-11-15-12(16-17(11)7-10)8-1-3-9(4-2-8)13(18)19/h1-7H,14H2,(H,18,19). The summed E-state index contributed by atoms with van der Waals surface area (Å²) in [4.78, 5) is 15.1. The van der Waals surface area contributed by atoms with Crippen molar-refractivity contribution < 1.29 is 9.90 Å². The van der Waals surface area contributed by atoms with E-state index in [1.807, 2.05) is 0 Å². The predicted octanol–water partition coefficient (Wildman–Crippen LogP) is 1.68. The highest BCUT2D eigenvalue weighted by Crippen LogP contribution is 2.17. The van der Waals surface area contributed by atoms with E-state index in [0.29, 0.717) is 17.2 Å². The minimum Gasteiger partial charge on any atom is -0.478 e. The number of aromatic carboxylic acids is 1. The van der Waals surface area contributed by atoms with Crippen LogP contribution in [0.5, 0.6) is 0 Å². The zero-order chi connectivity index (χ0) is 13.4. The summed E-state index contributed by atoms with van der Waals surface area (Å²) in [5.41, 5.74) is 7.95. The lowest BCUT2D eigenvalue weighted by atomic mass is 10.1. The maximum absolute atomic E-state index is 10.8. The minimum atomic E-state index is -0.956. The van der Waals surface area contributed by atoms with Gasteiger partial charge in [0.15, 0.2) is 11.5 Å². The van der Waals surface area contributed by atoms with Gasteiger partial charge in [0, 0.05) is 5.56 Å². The minimum absolute atomic E-state index is 0.233. The van der Waals surface area contributed by atoms with Gasteiger partial charge < -0.3 is 10.8 Å². The van der Waals surface area contributed by atoms with Crippen LogP contribution in [0.3, 0.4) is 0 Å². The van der Waals surface area contributed by atoms with Gasteiger partial charge in [-0.3, -0.25) is 0 Å². The number of benzene rings is 1. The molecule has 3 N–H and O–H groups in total. The summed E-state index contributed by atoms with van der Waals surface area (Å²) >= 11 is 0. The molecule has 0 amide bonds. The van der Waals surface area contributed by atoms with Crippen LogP contribution in [0.4, 0.5) is 5.69 Å². The molecule has 6 nitrogen and oxygen atoms in total. The number of nitrogens with two attached hydrogens (primary N) is 1. The Morgan fingerprint density at radius 1 is 1.16 bits per heavy atom. The molecule has 0 saturated carbocycles. The van der Waals surface area contributed by atoms with Crippen LogP contribution in [0, 0.1) is 0 Å². The monoisotopic (exact) mass is 254 g/mol. The highest BCUT2D eigenvalue weighted by Gasteiger charge is 2.08. The summed E-state index contributed by atoms with van der Waals surface area (Å²) in [7, 11) is 0. The molecule has 0 atom stereocenters. The van der Waals surface area contributed by atoms with E-state index < -0.39 is 5.97 Å².